The number of pyridine rings is 1. The third-order valence-electron chi connectivity index (χ3n) is 3.48. The molecule has 2 unspecified atom stereocenters. The van der Waals surface area contributed by atoms with Gasteiger partial charge < -0.3 is 10.0 Å². The summed E-state index contributed by atoms with van der Waals surface area (Å²) in [6.07, 6.45) is 3.13. The molecule has 1 aliphatic heterocycles. The lowest BCUT2D eigenvalue weighted by Crippen LogP contribution is -2.45. The molecular formula is C14H18N2O3. The Labute approximate surface area is 112 Å². The molecule has 0 spiro atoms. The average Bonchev–Trinajstić information content (AvgIpc) is 2.41. The molecule has 1 aromatic heterocycles. The van der Waals surface area contributed by atoms with Crippen LogP contribution in [0.5, 0.6) is 0 Å². The number of rotatable bonds is 4. The van der Waals surface area contributed by atoms with Crippen LogP contribution in [0.4, 0.5) is 0 Å². The zero-order valence-electron chi connectivity index (χ0n) is 11.0. The number of aliphatic carboxylic acids is 1. The molecule has 19 heavy (non-hydrogen) atoms. The average molecular weight is 262 g/mol. The molecular weight excluding hydrogens is 244 g/mol. The maximum atomic E-state index is 12.0. The zero-order chi connectivity index (χ0) is 13.8. The zero-order valence-corrected chi connectivity index (χ0v) is 11.0. The molecule has 1 saturated heterocycles. The molecule has 2 atom stereocenters. The highest BCUT2D eigenvalue weighted by Crippen LogP contribution is 2.35. The first-order valence-corrected chi connectivity index (χ1v) is 6.58. The first kappa shape index (κ1) is 13.5. The Morgan fingerprint density at radius 1 is 1.53 bits per heavy atom. The van der Waals surface area contributed by atoms with Crippen LogP contribution in [0.15, 0.2) is 24.4 Å². The summed E-state index contributed by atoms with van der Waals surface area (Å²) in [5, 5.41) is 9.38. The second-order valence-corrected chi connectivity index (χ2v) is 4.77. The Morgan fingerprint density at radius 2 is 2.32 bits per heavy atom. The fourth-order valence-electron chi connectivity index (χ4n) is 2.63. The number of amides is 1. The van der Waals surface area contributed by atoms with Crippen molar-refractivity contribution in [3.05, 3.63) is 30.1 Å². The number of hydrogen-bond donors (Lipinski definition) is 1. The fourth-order valence-corrected chi connectivity index (χ4v) is 2.63. The first-order chi connectivity index (χ1) is 9.15. The molecule has 0 radical (unpaired) electrons. The van der Waals surface area contributed by atoms with Crippen molar-refractivity contribution in [3.8, 4) is 0 Å². The number of carbonyl (C=O) groups excluding carboxylic acids is 1. The van der Waals surface area contributed by atoms with Gasteiger partial charge in [-0.2, -0.15) is 0 Å². The lowest BCUT2D eigenvalue weighted by atomic mass is 9.86. The predicted octanol–water partition coefficient (Wildman–Crippen LogP) is 1.86. The summed E-state index contributed by atoms with van der Waals surface area (Å²) in [5.41, 5.74) is 0.663. The van der Waals surface area contributed by atoms with Crippen molar-refractivity contribution < 1.29 is 14.7 Å². The van der Waals surface area contributed by atoms with Gasteiger partial charge in [0, 0.05) is 19.2 Å². The molecule has 1 fully saturated rings. The maximum absolute atomic E-state index is 12.0. The predicted molar refractivity (Wildman–Crippen MR) is 69.3 cm³/mol. The maximum Gasteiger partial charge on any atom is 0.309 e. The van der Waals surface area contributed by atoms with E-state index in [-0.39, 0.29) is 5.91 Å². The lowest BCUT2D eigenvalue weighted by Gasteiger charge is -2.39. The molecule has 0 bridgehead atoms. The Kier molecular flexibility index (Phi) is 4.14. The summed E-state index contributed by atoms with van der Waals surface area (Å²) < 4.78 is 0. The van der Waals surface area contributed by atoms with E-state index in [2.05, 4.69) is 4.98 Å². The van der Waals surface area contributed by atoms with Crippen LogP contribution in [0, 0.1) is 5.92 Å². The summed E-state index contributed by atoms with van der Waals surface area (Å²) >= 11 is 0. The van der Waals surface area contributed by atoms with Gasteiger partial charge >= 0.3 is 5.97 Å². The first-order valence-electron chi connectivity index (χ1n) is 6.58. The van der Waals surface area contributed by atoms with Crippen LogP contribution in [0.25, 0.3) is 0 Å². The molecule has 1 aromatic rings. The standard InChI is InChI=1S/C14H18N2O3/c1-2-9-16-12(17)7-6-10(14(18)19)13(16)11-5-3-4-8-15-11/h3-5,8,10,13H,2,6-7,9H2,1H3,(H,18,19). The third-order valence-corrected chi connectivity index (χ3v) is 3.48. The Hall–Kier alpha value is -1.91. The van der Waals surface area contributed by atoms with Gasteiger partial charge in [-0.05, 0) is 25.0 Å². The highest BCUT2D eigenvalue weighted by Gasteiger charge is 2.40. The number of aromatic nitrogens is 1. The number of likely N-dealkylation sites (tertiary alicyclic amines) is 1. The van der Waals surface area contributed by atoms with Gasteiger partial charge in [-0.1, -0.05) is 13.0 Å². The topological polar surface area (TPSA) is 70.5 Å². The van der Waals surface area contributed by atoms with Gasteiger partial charge in [0.25, 0.3) is 0 Å². The largest absolute Gasteiger partial charge is 0.481 e. The highest BCUT2D eigenvalue weighted by atomic mass is 16.4. The number of carboxylic acid groups (broad SMARTS) is 1. The van der Waals surface area contributed by atoms with Crippen molar-refractivity contribution in [1.82, 2.24) is 9.88 Å². The van der Waals surface area contributed by atoms with E-state index in [1.54, 1.807) is 23.2 Å². The number of piperidine rings is 1. The summed E-state index contributed by atoms with van der Waals surface area (Å²) in [6.45, 7) is 2.55. The minimum Gasteiger partial charge on any atom is -0.481 e. The van der Waals surface area contributed by atoms with Crippen LogP contribution in [0.1, 0.15) is 37.9 Å². The van der Waals surface area contributed by atoms with Gasteiger partial charge in [0.05, 0.1) is 17.7 Å². The van der Waals surface area contributed by atoms with Gasteiger partial charge in [0.1, 0.15) is 0 Å². The van der Waals surface area contributed by atoms with Crippen LogP contribution in [-0.4, -0.2) is 33.4 Å². The summed E-state index contributed by atoms with van der Waals surface area (Å²) in [4.78, 5) is 29.4. The van der Waals surface area contributed by atoms with E-state index in [0.29, 0.717) is 25.1 Å². The number of carbonyl (C=O) groups is 2. The molecule has 0 aliphatic carbocycles. The van der Waals surface area contributed by atoms with E-state index in [9.17, 15) is 14.7 Å². The molecule has 5 nitrogen and oxygen atoms in total. The monoisotopic (exact) mass is 262 g/mol. The second-order valence-electron chi connectivity index (χ2n) is 4.77. The van der Waals surface area contributed by atoms with E-state index >= 15 is 0 Å². The van der Waals surface area contributed by atoms with E-state index in [1.807, 2.05) is 13.0 Å². The smallest absolute Gasteiger partial charge is 0.309 e. The molecule has 1 N–H and O–H groups in total. The Morgan fingerprint density at radius 3 is 2.89 bits per heavy atom. The fraction of sp³-hybridized carbons (Fsp3) is 0.500. The van der Waals surface area contributed by atoms with Gasteiger partial charge in [-0.15, -0.1) is 0 Å². The summed E-state index contributed by atoms with van der Waals surface area (Å²) in [7, 11) is 0. The molecule has 1 amide bonds. The lowest BCUT2D eigenvalue weighted by molar-refractivity contribution is -0.152. The van der Waals surface area contributed by atoms with Crippen LogP contribution in [-0.2, 0) is 9.59 Å². The van der Waals surface area contributed by atoms with Gasteiger partial charge in [-0.25, -0.2) is 0 Å². The molecule has 0 aromatic carbocycles. The minimum absolute atomic E-state index is 0.0232. The van der Waals surface area contributed by atoms with E-state index in [4.69, 9.17) is 0 Å². The molecule has 1 aliphatic rings. The highest BCUT2D eigenvalue weighted by molar-refractivity contribution is 5.81. The van der Waals surface area contributed by atoms with Gasteiger partial charge in [0.2, 0.25) is 5.91 Å². The number of carboxylic acids is 1. The number of nitrogens with zero attached hydrogens (tertiary/aromatic N) is 2. The Balaban J connectivity index is 2.38. The third kappa shape index (κ3) is 2.75. The van der Waals surface area contributed by atoms with E-state index in [1.165, 1.54) is 0 Å². The minimum atomic E-state index is -0.857. The normalized spacial score (nSPS) is 23.4. The SMILES string of the molecule is CCCN1C(=O)CCC(C(=O)O)C1c1ccccn1. The molecule has 0 saturated carbocycles. The van der Waals surface area contributed by atoms with Crippen molar-refractivity contribution in [3.63, 3.8) is 0 Å². The van der Waals surface area contributed by atoms with Crippen molar-refractivity contribution >= 4 is 11.9 Å². The van der Waals surface area contributed by atoms with Crippen molar-refractivity contribution in [2.75, 3.05) is 6.54 Å². The Bertz CT molecular complexity index is 461. The summed E-state index contributed by atoms with van der Waals surface area (Å²) in [6, 6.07) is 4.96. The van der Waals surface area contributed by atoms with Crippen molar-refractivity contribution in [2.45, 2.75) is 32.2 Å². The molecule has 2 heterocycles. The van der Waals surface area contributed by atoms with E-state index < -0.39 is 17.9 Å². The van der Waals surface area contributed by atoms with Crippen LogP contribution in [0.2, 0.25) is 0 Å². The van der Waals surface area contributed by atoms with Crippen LogP contribution >= 0.6 is 0 Å². The number of hydrogen-bond acceptors (Lipinski definition) is 3. The quantitative estimate of drug-likeness (QED) is 0.899. The van der Waals surface area contributed by atoms with Crippen molar-refractivity contribution in [2.24, 2.45) is 5.92 Å². The van der Waals surface area contributed by atoms with Crippen LogP contribution in [0.3, 0.4) is 0 Å². The van der Waals surface area contributed by atoms with E-state index in [0.717, 1.165) is 6.42 Å². The van der Waals surface area contributed by atoms with Crippen LogP contribution < -0.4 is 0 Å². The van der Waals surface area contributed by atoms with Gasteiger partial charge in [0.15, 0.2) is 0 Å². The second kappa shape index (κ2) is 5.82. The molecule has 2 rings (SSSR count). The van der Waals surface area contributed by atoms with Gasteiger partial charge in [-0.3, -0.25) is 14.6 Å². The molecule has 5 heteroatoms. The molecule has 102 valence electrons. The van der Waals surface area contributed by atoms with Crippen molar-refractivity contribution in [1.29, 1.82) is 0 Å². The summed E-state index contributed by atoms with van der Waals surface area (Å²) in [5.74, 6) is -1.40.